The number of carbonyl (C=O) groups excluding carboxylic acids is 1. The van der Waals surface area contributed by atoms with E-state index in [0.29, 0.717) is 17.8 Å². The number of methoxy groups -OCH3 is 1. The Balaban J connectivity index is 1.66. The average Bonchev–Trinajstić information content (AvgIpc) is 2.52. The molecule has 3 nitrogen and oxygen atoms in total. The lowest BCUT2D eigenvalue weighted by molar-refractivity contribution is -0.0168. The molecule has 0 spiro atoms. The van der Waals surface area contributed by atoms with Gasteiger partial charge in [-0.25, -0.2) is 8.78 Å². The summed E-state index contributed by atoms with van der Waals surface area (Å²) < 4.78 is 60.4. The topological polar surface area (TPSA) is 38.3 Å². The molecule has 136 valence electrons. The van der Waals surface area contributed by atoms with Crippen LogP contribution in [-0.4, -0.2) is 18.6 Å². The molecular weight excluding hydrogens is 338 g/mol. The van der Waals surface area contributed by atoms with Crippen molar-refractivity contribution >= 4 is 5.91 Å². The number of nitrogens with one attached hydrogen (secondary N) is 1. The van der Waals surface area contributed by atoms with E-state index in [1.807, 2.05) is 0 Å². The maximum absolute atomic E-state index is 14.2. The Hall–Kier alpha value is -1.79. The lowest BCUT2D eigenvalue weighted by Crippen LogP contribution is -2.60. The number of halogens is 4. The Bertz CT molecular complexity index is 685. The average molecular weight is 357 g/mol. The monoisotopic (exact) mass is 357 g/mol. The van der Waals surface area contributed by atoms with Gasteiger partial charge in [-0.05, 0) is 56.3 Å². The minimum atomic E-state index is -1.72. The van der Waals surface area contributed by atoms with Gasteiger partial charge in [-0.2, -0.15) is 8.78 Å². The largest absolute Gasteiger partial charge is 0.491 e. The smallest absolute Gasteiger partial charge is 0.257 e. The molecule has 0 radical (unpaired) electrons. The van der Waals surface area contributed by atoms with E-state index in [1.54, 1.807) is 0 Å². The number of hydrogen-bond acceptors (Lipinski definition) is 2. The van der Waals surface area contributed by atoms with Crippen molar-refractivity contribution in [3.63, 3.8) is 0 Å². The summed E-state index contributed by atoms with van der Waals surface area (Å²) in [7, 11) is 0.898. The molecule has 0 unspecified atom stereocenters. The third-order valence-corrected chi connectivity index (χ3v) is 6.07. The van der Waals surface area contributed by atoms with E-state index in [1.165, 1.54) is 0 Å². The van der Waals surface area contributed by atoms with Gasteiger partial charge in [0.1, 0.15) is 5.56 Å². The van der Waals surface area contributed by atoms with Gasteiger partial charge in [-0.15, -0.1) is 0 Å². The van der Waals surface area contributed by atoms with Crippen LogP contribution in [0.15, 0.2) is 0 Å². The van der Waals surface area contributed by atoms with Crippen molar-refractivity contribution in [2.75, 3.05) is 7.11 Å². The molecule has 0 aromatic heterocycles. The van der Waals surface area contributed by atoms with E-state index >= 15 is 0 Å². The van der Waals surface area contributed by atoms with Crippen LogP contribution >= 0.6 is 0 Å². The molecule has 25 heavy (non-hydrogen) atoms. The molecule has 0 atom stereocenters. The zero-order valence-electron chi connectivity index (χ0n) is 13.8. The van der Waals surface area contributed by atoms with E-state index in [2.05, 4.69) is 10.1 Å². The highest BCUT2D eigenvalue weighted by atomic mass is 19.2. The van der Waals surface area contributed by atoms with Gasteiger partial charge >= 0.3 is 0 Å². The fraction of sp³-hybridized carbons (Fsp3) is 0.611. The van der Waals surface area contributed by atoms with Gasteiger partial charge in [-0.1, -0.05) is 0 Å². The van der Waals surface area contributed by atoms with E-state index in [-0.39, 0.29) is 0 Å². The minimum Gasteiger partial charge on any atom is -0.491 e. The van der Waals surface area contributed by atoms with E-state index in [4.69, 9.17) is 0 Å². The number of amides is 1. The van der Waals surface area contributed by atoms with Crippen molar-refractivity contribution in [1.29, 1.82) is 0 Å². The van der Waals surface area contributed by atoms with Gasteiger partial charge in [-0.3, -0.25) is 4.79 Å². The Morgan fingerprint density at radius 1 is 0.920 bits per heavy atom. The zero-order chi connectivity index (χ0) is 17.9. The summed E-state index contributed by atoms with van der Waals surface area (Å²) in [5.74, 6) is -7.59. The molecule has 0 saturated heterocycles. The number of hydrogen-bond donors (Lipinski definition) is 1. The predicted octanol–water partition coefficient (Wildman–Crippen LogP) is 3.95. The molecular formula is C18H19F4NO2. The third-order valence-electron chi connectivity index (χ3n) is 6.07. The van der Waals surface area contributed by atoms with Crippen LogP contribution < -0.4 is 10.1 Å². The van der Waals surface area contributed by atoms with Crippen LogP contribution in [0.3, 0.4) is 0 Å². The molecule has 7 heteroatoms. The first-order chi connectivity index (χ1) is 11.8. The van der Waals surface area contributed by atoms with Crippen molar-refractivity contribution in [3.05, 3.63) is 28.8 Å². The van der Waals surface area contributed by atoms with Gasteiger partial charge in [0.25, 0.3) is 5.91 Å². The lowest BCUT2D eigenvalue weighted by atomic mass is 9.53. The van der Waals surface area contributed by atoms with Gasteiger partial charge in [0.2, 0.25) is 11.6 Å². The highest BCUT2D eigenvalue weighted by molar-refractivity contribution is 5.95. The second-order valence-corrected chi connectivity index (χ2v) is 7.82. The molecule has 5 rings (SSSR count). The van der Waals surface area contributed by atoms with Crippen LogP contribution in [0.4, 0.5) is 17.6 Å². The Kier molecular flexibility index (Phi) is 3.74. The van der Waals surface area contributed by atoms with E-state index < -0.39 is 46.0 Å². The molecule has 0 aliphatic heterocycles. The predicted molar refractivity (Wildman–Crippen MR) is 81.2 cm³/mol. The van der Waals surface area contributed by atoms with Crippen LogP contribution in [-0.2, 0) is 0 Å². The van der Waals surface area contributed by atoms with Crippen molar-refractivity contribution in [2.45, 2.75) is 44.1 Å². The van der Waals surface area contributed by atoms with E-state index in [0.717, 1.165) is 45.6 Å². The van der Waals surface area contributed by atoms with Crippen LogP contribution in [0, 0.1) is 41.0 Å². The normalized spacial score (nSPS) is 32.8. The second kappa shape index (κ2) is 5.61. The Morgan fingerprint density at radius 3 is 1.76 bits per heavy atom. The zero-order valence-corrected chi connectivity index (χ0v) is 13.8. The van der Waals surface area contributed by atoms with Gasteiger partial charge in [0.15, 0.2) is 17.4 Å². The van der Waals surface area contributed by atoms with Crippen LogP contribution in [0.1, 0.15) is 48.9 Å². The molecule has 1 N–H and O–H groups in total. The molecule has 1 aromatic carbocycles. The van der Waals surface area contributed by atoms with Crippen molar-refractivity contribution in [1.82, 2.24) is 5.32 Å². The van der Waals surface area contributed by atoms with Crippen molar-refractivity contribution in [3.8, 4) is 5.75 Å². The van der Waals surface area contributed by atoms with E-state index in [9.17, 15) is 22.4 Å². The maximum atomic E-state index is 14.2. The third kappa shape index (κ3) is 2.50. The van der Waals surface area contributed by atoms with Crippen LogP contribution in [0.5, 0.6) is 5.75 Å². The fourth-order valence-electron chi connectivity index (χ4n) is 5.56. The molecule has 1 amide bonds. The molecule has 4 bridgehead atoms. The highest BCUT2D eigenvalue weighted by Crippen LogP contribution is 2.55. The summed E-state index contributed by atoms with van der Waals surface area (Å²) in [5.41, 5.74) is -1.73. The first-order valence-corrected chi connectivity index (χ1v) is 8.56. The summed E-state index contributed by atoms with van der Waals surface area (Å²) in [5, 5.41) is 2.72. The van der Waals surface area contributed by atoms with Crippen molar-refractivity contribution < 1.29 is 27.1 Å². The summed E-state index contributed by atoms with van der Waals surface area (Å²) in [6.45, 7) is 0. The lowest BCUT2D eigenvalue weighted by Gasteiger charge is -2.56. The minimum absolute atomic E-state index is 0.505. The summed E-state index contributed by atoms with van der Waals surface area (Å²) in [6.07, 6.45) is 5.66. The molecule has 4 saturated carbocycles. The van der Waals surface area contributed by atoms with Gasteiger partial charge in [0.05, 0.1) is 7.11 Å². The fourth-order valence-corrected chi connectivity index (χ4v) is 5.56. The molecule has 0 heterocycles. The van der Waals surface area contributed by atoms with Crippen LogP contribution in [0.25, 0.3) is 0 Å². The van der Waals surface area contributed by atoms with Crippen LogP contribution in [0.2, 0.25) is 0 Å². The maximum Gasteiger partial charge on any atom is 0.257 e. The van der Waals surface area contributed by atoms with Gasteiger partial charge in [0, 0.05) is 5.54 Å². The molecule has 4 aliphatic rings. The SMILES string of the molecule is COc1c(F)c(F)c(C(=O)NC23CC4CC(CC(C4)C2)C3)c(F)c1F. The summed E-state index contributed by atoms with van der Waals surface area (Å²) in [4.78, 5) is 12.5. The number of benzene rings is 1. The number of carbonyl (C=O) groups is 1. The van der Waals surface area contributed by atoms with Crippen molar-refractivity contribution in [2.24, 2.45) is 17.8 Å². The Morgan fingerprint density at radius 2 is 1.36 bits per heavy atom. The van der Waals surface area contributed by atoms with Gasteiger partial charge < -0.3 is 10.1 Å². The molecule has 4 aliphatic carbocycles. The summed E-state index contributed by atoms with van der Waals surface area (Å²) in [6, 6.07) is 0. The quantitative estimate of drug-likeness (QED) is 0.657. The Labute approximate surface area is 142 Å². The second-order valence-electron chi connectivity index (χ2n) is 7.82. The highest BCUT2D eigenvalue weighted by Gasteiger charge is 2.52. The first-order valence-electron chi connectivity index (χ1n) is 8.56. The number of ether oxygens (including phenoxy) is 1. The number of rotatable bonds is 3. The first kappa shape index (κ1) is 16.7. The summed E-state index contributed by atoms with van der Waals surface area (Å²) >= 11 is 0. The molecule has 1 aromatic rings. The molecule has 4 fully saturated rings. The standard InChI is InChI=1S/C18H19F4NO2/c1-25-16-14(21)12(19)11(13(20)15(16)22)17(24)23-18-5-8-2-9(6-18)4-10(3-8)7-18/h8-10H,2-7H2,1H3,(H,23,24).